The number of aliphatic hydroxyl groups is 1. The van der Waals surface area contributed by atoms with Crippen molar-refractivity contribution >= 4 is 24.7 Å². The standard InChI is InChI=1S/C26H33N4O7P/c1-15(2)36-26(33)16(3)13-38(34,37-19-9-7-6-8-10-19)35-12-20-17(4)21(11-22(20)31)30-14-27-23-24(30)28-18(5)29-25(23)32/h6-10,14-16,20-22,31H,4,11-13H2,1-3,5H3,(H,28,29,32)/t16-,20+,21+,22+,38+/m1/s1. The first kappa shape index (κ1) is 27.8. The van der Waals surface area contributed by atoms with E-state index in [-0.39, 0.29) is 36.4 Å². The van der Waals surface area contributed by atoms with Gasteiger partial charge in [-0.1, -0.05) is 31.7 Å². The minimum absolute atomic E-state index is 0.147. The molecule has 0 spiro atoms. The average Bonchev–Trinajstić information content (AvgIpc) is 3.38. The van der Waals surface area contributed by atoms with E-state index in [9.17, 15) is 19.3 Å². The van der Waals surface area contributed by atoms with Crippen molar-refractivity contribution in [2.24, 2.45) is 11.8 Å². The van der Waals surface area contributed by atoms with Crippen molar-refractivity contribution in [1.82, 2.24) is 19.5 Å². The van der Waals surface area contributed by atoms with Gasteiger partial charge in [0.1, 0.15) is 11.6 Å². The molecule has 5 atom stereocenters. The van der Waals surface area contributed by atoms with Crippen LogP contribution in [0.1, 0.15) is 39.1 Å². The highest BCUT2D eigenvalue weighted by Crippen LogP contribution is 2.52. The number of hydrogen-bond donors (Lipinski definition) is 2. The van der Waals surface area contributed by atoms with Gasteiger partial charge in [0.15, 0.2) is 11.2 Å². The Morgan fingerprint density at radius 1 is 1.29 bits per heavy atom. The van der Waals surface area contributed by atoms with Gasteiger partial charge < -0.3 is 23.9 Å². The number of aromatic nitrogens is 4. The number of H-pyrrole nitrogens is 1. The lowest BCUT2D eigenvalue weighted by molar-refractivity contribution is -0.151. The average molecular weight is 545 g/mol. The summed E-state index contributed by atoms with van der Waals surface area (Å²) in [6.45, 7) is 10.8. The quantitative estimate of drug-likeness (QED) is 0.221. The van der Waals surface area contributed by atoms with Gasteiger partial charge in [0.05, 0.1) is 43.3 Å². The highest BCUT2D eigenvalue weighted by molar-refractivity contribution is 7.54. The van der Waals surface area contributed by atoms with Crippen LogP contribution in [0.15, 0.2) is 53.6 Å². The number of aliphatic hydroxyl groups excluding tert-OH is 1. The molecular formula is C26H33N4O7P. The van der Waals surface area contributed by atoms with Crippen LogP contribution in [0, 0.1) is 18.8 Å². The van der Waals surface area contributed by atoms with Crippen molar-refractivity contribution in [2.45, 2.75) is 52.4 Å². The number of imidazole rings is 1. The number of esters is 1. The zero-order chi connectivity index (χ0) is 27.6. The van der Waals surface area contributed by atoms with Crippen molar-refractivity contribution < 1.29 is 28.3 Å². The molecule has 0 bridgehead atoms. The zero-order valence-corrected chi connectivity index (χ0v) is 22.8. The van der Waals surface area contributed by atoms with Crippen LogP contribution in [-0.4, -0.2) is 55.6 Å². The molecule has 2 heterocycles. The van der Waals surface area contributed by atoms with Crippen LogP contribution in [0.5, 0.6) is 5.75 Å². The lowest BCUT2D eigenvalue weighted by atomic mass is 10.0. The van der Waals surface area contributed by atoms with Crippen molar-refractivity contribution in [3.8, 4) is 5.75 Å². The molecule has 0 aliphatic heterocycles. The molecule has 1 aliphatic carbocycles. The topological polar surface area (TPSA) is 146 Å². The van der Waals surface area contributed by atoms with E-state index in [0.29, 0.717) is 22.8 Å². The van der Waals surface area contributed by atoms with Crippen molar-refractivity contribution in [3.05, 3.63) is 65.0 Å². The van der Waals surface area contributed by atoms with E-state index in [0.717, 1.165) is 0 Å². The van der Waals surface area contributed by atoms with E-state index in [1.54, 1.807) is 62.6 Å². The lowest BCUT2D eigenvalue weighted by Crippen LogP contribution is -2.25. The number of hydrogen-bond acceptors (Lipinski definition) is 9. The first-order chi connectivity index (χ1) is 18.0. The van der Waals surface area contributed by atoms with Crippen LogP contribution in [-0.2, 0) is 18.6 Å². The van der Waals surface area contributed by atoms with Crippen molar-refractivity contribution in [3.63, 3.8) is 0 Å². The largest absolute Gasteiger partial charge is 0.463 e. The molecule has 1 saturated carbocycles. The number of aryl methyl sites for hydroxylation is 1. The number of aromatic amines is 1. The van der Waals surface area contributed by atoms with Gasteiger partial charge in [-0.15, -0.1) is 0 Å². The predicted molar refractivity (Wildman–Crippen MR) is 141 cm³/mol. The maximum Gasteiger partial charge on any atom is 0.380 e. The molecule has 3 aromatic rings. The Hall–Kier alpha value is -3.27. The number of ether oxygens (including phenoxy) is 1. The second kappa shape index (κ2) is 11.2. The Kier molecular flexibility index (Phi) is 8.20. The first-order valence-electron chi connectivity index (χ1n) is 12.5. The van der Waals surface area contributed by atoms with E-state index in [1.807, 2.05) is 0 Å². The molecule has 1 aliphatic rings. The summed E-state index contributed by atoms with van der Waals surface area (Å²) in [4.78, 5) is 35.9. The summed E-state index contributed by atoms with van der Waals surface area (Å²) in [5.41, 5.74) is 0.858. The van der Waals surface area contributed by atoms with Gasteiger partial charge in [0.25, 0.3) is 5.56 Å². The van der Waals surface area contributed by atoms with E-state index in [2.05, 4.69) is 21.5 Å². The Balaban J connectivity index is 1.53. The Labute approximate surface area is 220 Å². The molecule has 4 rings (SSSR count). The number of carbonyl (C=O) groups is 1. The molecule has 11 nitrogen and oxygen atoms in total. The van der Waals surface area contributed by atoms with E-state index in [4.69, 9.17) is 13.8 Å². The minimum atomic E-state index is -3.86. The zero-order valence-electron chi connectivity index (χ0n) is 21.9. The number of nitrogens with one attached hydrogen (secondary N) is 1. The molecule has 204 valence electrons. The molecule has 38 heavy (non-hydrogen) atoms. The van der Waals surface area contributed by atoms with Gasteiger partial charge in [-0.3, -0.25) is 14.1 Å². The highest BCUT2D eigenvalue weighted by atomic mass is 31.2. The van der Waals surface area contributed by atoms with E-state index < -0.39 is 37.5 Å². The molecule has 0 saturated heterocycles. The SMILES string of the molecule is C=C1[C@H](CO[P@@](=O)(C[C@@H](C)C(=O)OC(C)C)Oc2ccccc2)[C@@H](O)C[C@@H]1n1cnc2c(=O)[nH]c(C)nc21. The van der Waals surface area contributed by atoms with E-state index >= 15 is 0 Å². The molecule has 1 aromatic carbocycles. The molecule has 12 heteroatoms. The van der Waals surface area contributed by atoms with Crippen LogP contribution in [0.2, 0.25) is 0 Å². The maximum absolute atomic E-state index is 13.9. The third-order valence-electron chi connectivity index (χ3n) is 6.41. The molecule has 0 unspecified atom stereocenters. The Morgan fingerprint density at radius 2 is 2.00 bits per heavy atom. The van der Waals surface area contributed by atoms with Crippen LogP contribution in [0.3, 0.4) is 0 Å². The smallest absolute Gasteiger partial charge is 0.380 e. The highest BCUT2D eigenvalue weighted by Gasteiger charge is 2.41. The van der Waals surface area contributed by atoms with Crippen LogP contribution >= 0.6 is 7.60 Å². The summed E-state index contributed by atoms with van der Waals surface area (Å²) in [7, 11) is -3.86. The Bertz CT molecular complexity index is 1420. The number of para-hydroxylation sites is 1. The molecule has 0 amide bonds. The summed E-state index contributed by atoms with van der Waals surface area (Å²) in [5, 5.41) is 10.9. The third-order valence-corrected chi connectivity index (χ3v) is 8.44. The van der Waals surface area contributed by atoms with Crippen molar-refractivity contribution in [2.75, 3.05) is 12.8 Å². The van der Waals surface area contributed by atoms with Crippen LogP contribution < -0.4 is 10.1 Å². The normalized spacial score (nSPS) is 21.9. The number of benzene rings is 1. The van der Waals surface area contributed by atoms with Crippen LogP contribution in [0.25, 0.3) is 11.2 Å². The lowest BCUT2D eigenvalue weighted by Gasteiger charge is -2.25. The summed E-state index contributed by atoms with van der Waals surface area (Å²) < 4.78 is 32.5. The molecular weight excluding hydrogens is 511 g/mol. The predicted octanol–water partition coefficient (Wildman–Crippen LogP) is 3.78. The van der Waals surface area contributed by atoms with Crippen LogP contribution in [0.4, 0.5) is 0 Å². The maximum atomic E-state index is 13.9. The fourth-order valence-corrected chi connectivity index (χ4v) is 6.41. The molecule has 2 aromatic heterocycles. The van der Waals surface area contributed by atoms with E-state index in [1.165, 1.54) is 6.33 Å². The monoisotopic (exact) mass is 544 g/mol. The summed E-state index contributed by atoms with van der Waals surface area (Å²) >= 11 is 0. The summed E-state index contributed by atoms with van der Waals surface area (Å²) in [5.74, 6) is -1.05. The fraction of sp³-hybridized carbons (Fsp3) is 0.462. The van der Waals surface area contributed by atoms with Gasteiger partial charge in [-0.2, -0.15) is 0 Å². The van der Waals surface area contributed by atoms with Gasteiger partial charge in [-0.25, -0.2) is 14.5 Å². The minimum Gasteiger partial charge on any atom is -0.463 e. The molecule has 1 fully saturated rings. The van der Waals surface area contributed by atoms with Gasteiger partial charge in [0, 0.05) is 5.92 Å². The number of fused-ring (bicyclic) bond motifs is 1. The number of nitrogens with zero attached hydrogens (tertiary/aromatic N) is 3. The molecule has 0 radical (unpaired) electrons. The van der Waals surface area contributed by atoms with Gasteiger partial charge >= 0.3 is 13.6 Å². The molecule has 2 N–H and O–H groups in total. The number of rotatable bonds is 10. The second-order valence-corrected chi connectivity index (χ2v) is 11.9. The van der Waals surface area contributed by atoms with Crippen molar-refractivity contribution in [1.29, 1.82) is 0 Å². The third kappa shape index (κ3) is 6.06. The number of carbonyl (C=O) groups excluding carboxylic acids is 1. The second-order valence-electron chi connectivity index (χ2n) is 9.86. The Morgan fingerprint density at radius 3 is 2.68 bits per heavy atom. The fourth-order valence-electron chi connectivity index (χ4n) is 4.52. The van der Waals surface area contributed by atoms with Gasteiger partial charge in [-0.05, 0) is 44.9 Å². The first-order valence-corrected chi connectivity index (χ1v) is 14.2. The summed E-state index contributed by atoms with van der Waals surface area (Å²) in [6.07, 6.45) is 0.407. The summed E-state index contributed by atoms with van der Waals surface area (Å²) in [6, 6.07) is 8.16. The van der Waals surface area contributed by atoms with Gasteiger partial charge in [0.2, 0.25) is 0 Å².